The van der Waals surface area contributed by atoms with E-state index in [0.717, 1.165) is 23.3 Å². The molecule has 1 aromatic rings. The number of halogens is 1. The van der Waals surface area contributed by atoms with E-state index in [9.17, 15) is 0 Å². The van der Waals surface area contributed by atoms with Crippen LogP contribution in [0, 0.1) is 0 Å². The second-order valence-corrected chi connectivity index (χ2v) is 4.00. The minimum atomic E-state index is 0.559. The van der Waals surface area contributed by atoms with Gasteiger partial charge in [0.15, 0.2) is 0 Å². The Morgan fingerprint density at radius 3 is 2.88 bits per heavy atom. The molecule has 1 aromatic carbocycles. The quantitative estimate of drug-likeness (QED) is 0.808. The standard InChI is InChI=1S/C12H14ClNO2/c1-15-10-3-2-9(13)12(14)11(10)8-4-6-16-7-5-8/h2-4H,5-7,14H2,1H3. The molecule has 0 saturated carbocycles. The van der Waals surface area contributed by atoms with E-state index in [1.807, 2.05) is 12.1 Å². The molecule has 1 heterocycles. The highest BCUT2D eigenvalue weighted by atomic mass is 35.5. The SMILES string of the molecule is COc1ccc(Cl)c(N)c1C1=CCOCC1. The van der Waals surface area contributed by atoms with Crippen LogP contribution >= 0.6 is 11.6 Å². The summed E-state index contributed by atoms with van der Waals surface area (Å²) >= 11 is 6.02. The summed E-state index contributed by atoms with van der Waals surface area (Å²) in [5.41, 5.74) is 8.62. The van der Waals surface area contributed by atoms with Crippen molar-refractivity contribution in [2.45, 2.75) is 6.42 Å². The molecule has 0 aliphatic carbocycles. The number of benzene rings is 1. The Balaban J connectivity index is 2.52. The first-order chi connectivity index (χ1) is 7.74. The van der Waals surface area contributed by atoms with Crippen LogP contribution in [0.2, 0.25) is 5.02 Å². The second-order valence-electron chi connectivity index (χ2n) is 3.59. The number of nitrogens with two attached hydrogens (primary N) is 1. The first kappa shape index (κ1) is 11.3. The fourth-order valence-electron chi connectivity index (χ4n) is 1.83. The Morgan fingerprint density at radius 2 is 2.25 bits per heavy atom. The van der Waals surface area contributed by atoms with Crippen LogP contribution in [0.3, 0.4) is 0 Å². The third-order valence-corrected chi connectivity index (χ3v) is 2.99. The summed E-state index contributed by atoms with van der Waals surface area (Å²) < 4.78 is 10.6. The highest BCUT2D eigenvalue weighted by Gasteiger charge is 2.16. The molecule has 0 radical (unpaired) electrons. The number of anilines is 1. The van der Waals surface area contributed by atoms with Gasteiger partial charge in [-0.25, -0.2) is 0 Å². The van der Waals surface area contributed by atoms with Crippen molar-refractivity contribution >= 4 is 22.9 Å². The van der Waals surface area contributed by atoms with E-state index in [0.29, 0.717) is 23.9 Å². The first-order valence-corrected chi connectivity index (χ1v) is 5.51. The highest BCUT2D eigenvalue weighted by molar-refractivity contribution is 6.33. The molecule has 0 aromatic heterocycles. The van der Waals surface area contributed by atoms with Gasteiger partial charge in [0.25, 0.3) is 0 Å². The molecule has 0 fully saturated rings. The van der Waals surface area contributed by atoms with Crippen LogP contribution in [-0.4, -0.2) is 20.3 Å². The predicted molar refractivity (Wildman–Crippen MR) is 65.8 cm³/mol. The monoisotopic (exact) mass is 239 g/mol. The van der Waals surface area contributed by atoms with Gasteiger partial charge < -0.3 is 15.2 Å². The first-order valence-electron chi connectivity index (χ1n) is 5.13. The van der Waals surface area contributed by atoms with Crippen molar-refractivity contribution in [3.8, 4) is 5.75 Å². The van der Waals surface area contributed by atoms with Crippen LogP contribution in [0.4, 0.5) is 5.69 Å². The van der Waals surface area contributed by atoms with Crippen molar-refractivity contribution in [2.24, 2.45) is 0 Å². The van der Waals surface area contributed by atoms with Gasteiger partial charge in [0.1, 0.15) is 5.75 Å². The van der Waals surface area contributed by atoms with E-state index in [2.05, 4.69) is 0 Å². The molecular formula is C12H14ClNO2. The van der Waals surface area contributed by atoms with Gasteiger partial charge in [-0.3, -0.25) is 0 Å². The lowest BCUT2D eigenvalue weighted by Crippen LogP contribution is -2.07. The number of hydrogen-bond acceptors (Lipinski definition) is 3. The number of hydrogen-bond donors (Lipinski definition) is 1. The number of ether oxygens (including phenoxy) is 2. The minimum absolute atomic E-state index is 0.559. The third kappa shape index (κ3) is 2.01. The van der Waals surface area contributed by atoms with E-state index in [4.69, 9.17) is 26.8 Å². The molecule has 3 nitrogen and oxygen atoms in total. The lowest BCUT2D eigenvalue weighted by Gasteiger charge is -2.18. The van der Waals surface area contributed by atoms with Crippen molar-refractivity contribution < 1.29 is 9.47 Å². The van der Waals surface area contributed by atoms with Gasteiger partial charge in [0.2, 0.25) is 0 Å². The summed E-state index contributed by atoms with van der Waals surface area (Å²) in [6.45, 7) is 1.32. The van der Waals surface area contributed by atoms with Gasteiger partial charge in [0.05, 0.1) is 31.0 Å². The van der Waals surface area contributed by atoms with Gasteiger partial charge in [-0.15, -0.1) is 0 Å². The van der Waals surface area contributed by atoms with Crippen LogP contribution in [0.15, 0.2) is 18.2 Å². The highest BCUT2D eigenvalue weighted by Crippen LogP contribution is 2.38. The van der Waals surface area contributed by atoms with Crippen molar-refractivity contribution in [1.82, 2.24) is 0 Å². The smallest absolute Gasteiger partial charge is 0.128 e. The van der Waals surface area contributed by atoms with E-state index >= 15 is 0 Å². The van der Waals surface area contributed by atoms with Crippen LogP contribution in [0.25, 0.3) is 5.57 Å². The summed E-state index contributed by atoms with van der Waals surface area (Å²) in [6, 6.07) is 3.59. The molecular weight excluding hydrogens is 226 g/mol. The average Bonchev–Trinajstić information content (AvgIpc) is 2.33. The maximum absolute atomic E-state index is 6.02. The zero-order chi connectivity index (χ0) is 11.5. The maximum atomic E-state index is 6.02. The summed E-state index contributed by atoms with van der Waals surface area (Å²) in [5, 5.41) is 0.559. The second kappa shape index (κ2) is 4.76. The topological polar surface area (TPSA) is 44.5 Å². The van der Waals surface area contributed by atoms with Gasteiger partial charge in [-0.2, -0.15) is 0 Å². The van der Waals surface area contributed by atoms with Crippen molar-refractivity contribution in [3.05, 3.63) is 28.8 Å². The normalized spacial score (nSPS) is 15.8. The molecule has 86 valence electrons. The van der Waals surface area contributed by atoms with Crippen molar-refractivity contribution in [2.75, 3.05) is 26.1 Å². The maximum Gasteiger partial charge on any atom is 0.128 e. The van der Waals surface area contributed by atoms with E-state index in [-0.39, 0.29) is 0 Å². The molecule has 1 aliphatic heterocycles. The minimum Gasteiger partial charge on any atom is -0.496 e. The van der Waals surface area contributed by atoms with Crippen LogP contribution < -0.4 is 10.5 Å². The number of rotatable bonds is 2. The van der Waals surface area contributed by atoms with Gasteiger partial charge in [-0.05, 0) is 24.1 Å². The molecule has 2 N–H and O–H groups in total. The van der Waals surface area contributed by atoms with Crippen molar-refractivity contribution in [3.63, 3.8) is 0 Å². The Hall–Kier alpha value is -1.19. The number of nitrogen functional groups attached to an aromatic ring is 1. The molecule has 0 unspecified atom stereocenters. The molecule has 16 heavy (non-hydrogen) atoms. The summed E-state index contributed by atoms with van der Waals surface area (Å²) in [4.78, 5) is 0. The van der Waals surface area contributed by atoms with Crippen LogP contribution in [-0.2, 0) is 4.74 Å². The molecule has 2 rings (SSSR count). The van der Waals surface area contributed by atoms with Gasteiger partial charge in [-0.1, -0.05) is 17.7 Å². The number of methoxy groups -OCH3 is 1. The Morgan fingerprint density at radius 1 is 1.44 bits per heavy atom. The van der Waals surface area contributed by atoms with Crippen molar-refractivity contribution in [1.29, 1.82) is 0 Å². The zero-order valence-electron chi connectivity index (χ0n) is 9.13. The summed E-state index contributed by atoms with van der Waals surface area (Å²) in [5.74, 6) is 0.759. The zero-order valence-corrected chi connectivity index (χ0v) is 9.88. The molecule has 0 saturated heterocycles. The largest absolute Gasteiger partial charge is 0.496 e. The Labute approximate surface area is 99.8 Å². The molecule has 0 spiro atoms. The van der Waals surface area contributed by atoms with E-state index in [1.54, 1.807) is 13.2 Å². The molecule has 0 amide bonds. The van der Waals surface area contributed by atoms with Crippen LogP contribution in [0.5, 0.6) is 5.75 Å². The molecule has 1 aliphatic rings. The van der Waals surface area contributed by atoms with E-state index in [1.165, 1.54) is 0 Å². The van der Waals surface area contributed by atoms with Gasteiger partial charge >= 0.3 is 0 Å². The van der Waals surface area contributed by atoms with Gasteiger partial charge in [0, 0.05) is 5.56 Å². The fraction of sp³-hybridized carbons (Fsp3) is 0.333. The Bertz CT molecular complexity index is 429. The third-order valence-electron chi connectivity index (χ3n) is 2.66. The lowest BCUT2D eigenvalue weighted by atomic mass is 9.99. The average molecular weight is 240 g/mol. The van der Waals surface area contributed by atoms with E-state index < -0.39 is 0 Å². The predicted octanol–water partition coefficient (Wildman–Crippen LogP) is 2.73. The summed E-state index contributed by atoms with van der Waals surface area (Å²) in [7, 11) is 1.63. The van der Waals surface area contributed by atoms with Crippen LogP contribution in [0.1, 0.15) is 12.0 Å². The lowest BCUT2D eigenvalue weighted by molar-refractivity contribution is 0.161. The fourth-order valence-corrected chi connectivity index (χ4v) is 1.99. The molecule has 4 heteroatoms. The molecule has 0 atom stereocenters. The Kier molecular flexibility index (Phi) is 3.36. The summed E-state index contributed by atoms with van der Waals surface area (Å²) in [6.07, 6.45) is 2.86. The molecule has 0 bridgehead atoms.